The number of carbonyl (C=O) groups is 2. The predicted molar refractivity (Wildman–Crippen MR) is 76.9 cm³/mol. The van der Waals surface area contributed by atoms with Crippen molar-refractivity contribution in [2.24, 2.45) is 5.92 Å². The Kier molecular flexibility index (Phi) is 4.62. The second-order valence-corrected chi connectivity index (χ2v) is 7.28. The van der Waals surface area contributed by atoms with Crippen LogP contribution in [0.15, 0.2) is 24.3 Å². The first kappa shape index (κ1) is 15.5. The van der Waals surface area contributed by atoms with Crippen LogP contribution >= 0.6 is 0 Å². The maximum absolute atomic E-state index is 11.9. The summed E-state index contributed by atoms with van der Waals surface area (Å²) in [6, 6.07) is 6.10. The molecule has 7 heteroatoms. The highest BCUT2D eigenvalue weighted by atomic mass is 32.2. The Morgan fingerprint density at radius 3 is 2.38 bits per heavy atom. The molecule has 1 aromatic rings. The summed E-state index contributed by atoms with van der Waals surface area (Å²) in [6.07, 6.45) is 0.587. The van der Waals surface area contributed by atoms with Crippen LogP contribution in [0.5, 0.6) is 0 Å². The number of rotatable bonds is 4. The first-order valence-electron chi connectivity index (χ1n) is 6.58. The van der Waals surface area contributed by atoms with Gasteiger partial charge < -0.3 is 10.1 Å². The number of amides is 1. The standard InChI is InChI=1S/C14H17NO5S/c1-20-14(17)12-4-2-11(3-5-12)13(16)15-8-10-6-7-21(18,19)9-10/h2-5,10H,6-9H2,1H3,(H,15,16)/t10-/m0/s1. The van der Waals surface area contributed by atoms with Crippen LogP contribution in [-0.4, -0.2) is 45.5 Å². The Labute approximate surface area is 123 Å². The summed E-state index contributed by atoms with van der Waals surface area (Å²) >= 11 is 0. The summed E-state index contributed by atoms with van der Waals surface area (Å²) in [5.41, 5.74) is 0.791. The van der Waals surface area contributed by atoms with Gasteiger partial charge in [0.2, 0.25) is 0 Å². The van der Waals surface area contributed by atoms with Gasteiger partial charge in [-0.05, 0) is 36.6 Å². The van der Waals surface area contributed by atoms with Crippen LogP contribution < -0.4 is 5.32 Å². The van der Waals surface area contributed by atoms with Crippen molar-refractivity contribution in [3.05, 3.63) is 35.4 Å². The third-order valence-electron chi connectivity index (χ3n) is 3.45. The molecule has 2 rings (SSSR count). The lowest BCUT2D eigenvalue weighted by Crippen LogP contribution is -2.29. The van der Waals surface area contributed by atoms with E-state index < -0.39 is 15.8 Å². The first-order valence-corrected chi connectivity index (χ1v) is 8.40. The van der Waals surface area contributed by atoms with E-state index in [0.717, 1.165) is 0 Å². The number of sulfone groups is 1. The molecule has 1 amide bonds. The normalized spacial score (nSPS) is 20.0. The Balaban J connectivity index is 1.90. The van der Waals surface area contributed by atoms with E-state index in [9.17, 15) is 18.0 Å². The fourth-order valence-corrected chi connectivity index (χ4v) is 4.11. The monoisotopic (exact) mass is 311 g/mol. The topological polar surface area (TPSA) is 89.5 Å². The zero-order valence-electron chi connectivity index (χ0n) is 11.7. The number of hydrogen-bond donors (Lipinski definition) is 1. The van der Waals surface area contributed by atoms with Crippen LogP contribution in [0.1, 0.15) is 27.1 Å². The van der Waals surface area contributed by atoms with Crippen molar-refractivity contribution in [1.82, 2.24) is 5.32 Å². The molecule has 0 aliphatic carbocycles. The molecule has 1 fully saturated rings. The number of carbonyl (C=O) groups excluding carboxylic acids is 2. The van der Waals surface area contributed by atoms with E-state index in [1.54, 1.807) is 0 Å². The highest BCUT2D eigenvalue weighted by Crippen LogP contribution is 2.17. The van der Waals surface area contributed by atoms with E-state index >= 15 is 0 Å². The van der Waals surface area contributed by atoms with Crippen LogP contribution in [0.3, 0.4) is 0 Å². The molecule has 1 heterocycles. The van der Waals surface area contributed by atoms with E-state index in [-0.39, 0.29) is 23.3 Å². The van der Waals surface area contributed by atoms with Crippen molar-refractivity contribution in [2.75, 3.05) is 25.2 Å². The van der Waals surface area contributed by atoms with Gasteiger partial charge in [-0.2, -0.15) is 0 Å². The zero-order valence-corrected chi connectivity index (χ0v) is 12.5. The highest BCUT2D eigenvalue weighted by Gasteiger charge is 2.27. The second-order valence-electron chi connectivity index (χ2n) is 5.05. The van der Waals surface area contributed by atoms with Crippen molar-refractivity contribution >= 4 is 21.7 Å². The summed E-state index contributed by atoms with van der Waals surface area (Å²) in [4.78, 5) is 23.2. The molecule has 0 aromatic heterocycles. The SMILES string of the molecule is COC(=O)c1ccc(C(=O)NC[C@@H]2CCS(=O)(=O)C2)cc1. The molecule has 0 spiro atoms. The van der Waals surface area contributed by atoms with Crippen molar-refractivity contribution in [3.63, 3.8) is 0 Å². The lowest BCUT2D eigenvalue weighted by atomic mass is 10.1. The molecule has 0 saturated carbocycles. The molecule has 1 atom stereocenters. The van der Waals surface area contributed by atoms with E-state index in [4.69, 9.17) is 0 Å². The van der Waals surface area contributed by atoms with Gasteiger partial charge in [0.05, 0.1) is 24.2 Å². The molecule has 0 unspecified atom stereocenters. The van der Waals surface area contributed by atoms with Crippen molar-refractivity contribution in [2.45, 2.75) is 6.42 Å². The third-order valence-corrected chi connectivity index (χ3v) is 5.28. The van der Waals surface area contributed by atoms with E-state index in [1.807, 2.05) is 0 Å². The fourth-order valence-electron chi connectivity index (χ4n) is 2.25. The molecule has 1 saturated heterocycles. The first-order chi connectivity index (χ1) is 9.91. The van der Waals surface area contributed by atoms with Crippen LogP contribution in [-0.2, 0) is 14.6 Å². The van der Waals surface area contributed by atoms with Crippen molar-refractivity contribution in [1.29, 1.82) is 0 Å². The lowest BCUT2D eigenvalue weighted by molar-refractivity contribution is 0.0600. The summed E-state index contributed by atoms with van der Waals surface area (Å²) in [7, 11) is -1.64. The number of esters is 1. The number of benzene rings is 1. The third kappa shape index (κ3) is 4.04. The molecule has 1 N–H and O–H groups in total. The number of hydrogen-bond acceptors (Lipinski definition) is 5. The van der Waals surface area contributed by atoms with E-state index in [1.165, 1.54) is 31.4 Å². The fraction of sp³-hybridized carbons (Fsp3) is 0.429. The number of nitrogens with one attached hydrogen (secondary N) is 1. The minimum atomic E-state index is -2.93. The van der Waals surface area contributed by atoms with Gasteiger partial charge in [0.1, 0.15) is 0 Å². The molecule has 6 nitrogen and oxygen atoms in total. The minimum absolute atomic E-state index is 0.0201. The molecule has 1 aliphatic heterocycles. The Morgan fingerprint density at radius 2 is 1.86 bits per heavy atom. The van der Waals surface area contributed by atoms with E-state index in [0.29, 0.717) is 24.1 Å². The second kappa shape index (κ2) is 6.26. The summed E-state index contributed by atoms with van der Waals surface area (Å²) < 4.78 is 27.2. The molecular formula is C14H17NO5S. The Bertz CT molecular complexity index is 636. The van der Waals surface area contributed by atoms with Crippen LogP contribution in [0.25, 0.3) is 0 Å². The molecular weight excluding hydrogens is 294 g/mol. The Morgan fingerprint density at radius 1 is 1.24 bits per heavy atom. The van der Waals surface area contributed by atoms with Gasteiger partial charge in [-0.1, -0.05) is 0 Å². The highest BCUT2D eigenvalue weighted by molar-refractivity contribution is 7.91. The van der Waals surface area contributed by atoms with Gasteiger partial charge in [0.25, 0.3) is 5.91 Å². The molecule has 0 radical (unpaired) electrons. The molecule has 1 aliphatic rings. The summed E-state index contributed by atoms with van der Waals surface area (Å²) in [5, 5.41) is 2.72. The zero-order chi connectivity index (χ0) is 15.5. The molecule has 1 aromatic carbocycles. The maximum atomic E-state index is 11.9. The number of methoxy groups -OCH3 is 1. The average molecular weight is 311 g/mol. The largest absolute Gasteiger partial charge is 0.465 e. The van der Waals surface area contributed by atoms with Crippen molar-refractivity contribution in [3.8, 4) is 0 Å². The summed E-state index contributed by atoms with van der Waals surface area (Å²) in [5.74, 6) is -0.433. The van der Waals surface area contributed by atoms with Crippen LogP contribution in [0.4, 0.5) is 0 Å². The maximum Gasteiger partial charge on any atom is 0.337 e. The summed E-state index contributed by atoms with van der Waals surface area (Å²) in [6.45, 7) is 0.344. The van der Waals surface area contributed by atoms with Crippen LogP contribution in [0.2, 0.25) is 0 Å². The van der Waals surface area contributed by atoms with E-state index in [2.05, 4.69) is 10.1 Å². The van der Waals surface area contributed by atoms with Gasteiger partial charge >= 0.3 is 5.97 Å². The van der Waals surface area contributed by atoms with Gasteiger partial charge in [-0.3, -0.25) is 4.79 Å². The predicted octanol–water partition coefficient (Wildman–Crippen LogP) is 0.638. The smallest absolute Gasteiger partial charge is 0.337 e. The molecule has 21 heavy (non-hydrogen) atoms. The van der Waals surface area contributed by atoms with Gasteiger partial charge in [-0.15, -0.1) is 0 Å². The quantitative estimate of drug-likeness (QED) is 0.824. The Hall–Kier alpha value is -1.89. The van der Waals surface area contributed by atoms with Crippen molar-refractivity contribution < 1.29 is 22.7 Å². The lowest BCUT2D eigenvalue weighted by Gasteiger charge is -2.09. The average Bonchev–Trinajstić information content (AvgIpc) is 2.83. The molecule has 114 valence electrons. The van der Waals surface area contributed by atoms with Crippen LogP contribution in [0, 0.1) is 5.92 Å². The number of ether oxygens (including phenoxy) is 1. The van der Waals surface area contributed by atoms with Gasteiger partial charge in [-0.25, -0.2) is 13.2 Å². The van der Waals surface area contributed by atoms with Gasteiger partial charge in [0, 0.05) is 12.1 Å². The minimum Gasteiger partial charge on any atom is -0.465 e. The van der Waals surface area contributed by atoms with Gasteiger partial charge in [0.15, 0.2) is 9.84 Å². The molecule has 0 bridgehead atoms.